The van der Waals surface area contributed by atoms with E-state index in [-0.39, 0.29) is 6.10 Å². The molecule has 2 heteroatoms. The molecule has 0 fully saturated rings. The van der Waals surface area contributed by atoms with Crippen LogP contribution < -0.4 is 0 Å². The minimum Gasteiger partial charge on any atom is -0.369 e. The standard InChI is InChI=1S/C10H12O2/c1-3-12-10-6-4-5-8(2)9(10)7-11/h4-6,10H,3H2,1-2H3. The van der Waals surface area contributed by atoms with Crippen LogP contribution in [0.2, 0.25) is 0 Å². The second kappa shape index (κ2) is 4.05. The Balaban J connectivity index is 2.85. The molecule has 0 amide bonds. The van der Waals surface area contributed by atoms with E-state index in [4.69, 9.17) is 4.74 Å². The molecule has 1 atom stereocenters. The zero-order valence-electron chi connectivity index (χ0n) is 7.33. The Labute approximate surface area is 72.2 Å². The largest absolute Gasteiger partial charge is 0.369 e. The normalized spacial score (nSPS) is 22.0. The van der Waals surface area contributed by atoms with Crippen LogP contribution in [0.5, 0.6) is 0 Å². The van der Waals surface area contributed by atoms with Gasteiger partial charge in [0.05, 0.1) is 5.57 Å². The molecular weight excluding hydrogens is 152 g/mol. The molecule has 12 heavy (non-hydrogen) atoms. The summed E-state index contributed by atoms with van der Waals surface area (Å²) in [5.74, 6) is 1.91. The van der Waals surface area contributed by atoms with E-state index < -0.39 is 0 Å². The first kappa shape index (κ1) is 8.98. The van der Waals surface area contributed by atoms with E-state index in [0.717, 1.165) is 5.57 Å². The topological polar surface area (TPSA) is 26.3 Å². The second-order valence-electron chi connectivity index (χ2n) is 2.63. The van der Waals surface area contributed by atoms with Crippen molar-refractivity contribution in [2.24, 2.45) is 0 Å². The molecule has 0 saturated heterocycles. The average molecular weight is 164 g/mol. The van der Waals surface area contributed by atoms with Crippen molar-refractivity contribution in [3.63, 3.8) is 0 Å². The zero-order chi connectivity index (χ0) is 8.97. The van der Waals surface area contributed by atoms with E-state index in [0.29, 0.717) is 12.2 Å². The fraction of sp³-hybridized carbons (Fsp3) is 0.400. The molecule has 0 bridgehead atoms. The van der Waals surface area contributed by atoms with Crippen molar-refractivity contribution in [1.82, 2.24) is 0 Å². The van der Waals surface area contributed by atoms with Crippen LogP contribution >= 0.6 is 0 Å². The van der Waals surface area contributed by atoms with Gasteiger partial charge in [-0.25, -0.2) is 4.79 Å². The third-order valence-corrected chi connectivity index (χ3v) is 1.80. The molecule has 1 rings (SSSR count). The smallest absolute Gasteiger partial charge is 0.131 e. The Morgan fingerprint density at radius 1 is 1.67 bits per heavy atom. The summed E-state index contributed by atoms with van der Waals surface area (Å²) in [4.78, 5) is 10.5. The lowest BCUT2D eigenvalue weighted by Gasteiger charge is -2.16. The van der Waals surface area contributed by atoms with E-state index in [9.17, 15) is 4.79 Å². The summed E-state index contributed by atoms with van der Waals surface area (Å²) in [5, 5.41) is 0. The maximum atomic E-state index is 10.5. The van der Waals surface area contributed by atoms with Crippen LogP contribution in [0, 0.1) is 0 Å². The van der Waals surface area contributed by atoms with Gasteiger partial charge in [0.15, 0.2) is 0 Å². The molecule has 1 aliphatic rings. The SMILES string of the molecule is CCOC1C=CC=C(C)C1=C=O. The molecule has 0 spiro atoms. The molecule has 0 saturated carbocycles. The average Bonchev–Trinajstić information content (AvgIpc) is 2.05. The van der Waals surface area contributed by atoms with Crippen molar-refractivity contribution in [2.75, 3.05) is 6.61 Å². The van der Waals surface area contributed by atoms with Gasteiger partial charge < -0.3 is 4.74 Å². The first-order valence-electron chi connectivity index (χ1n) is 4.01. The lowest BCUT2D eigenvalue weighted by atomic mass is 9.98. The van der Waals surface area contributed by atoms with Crippen LogP contribution in [0.4, 0.5) is 0 Å². The van der Waals surface area contributed by atoms with Gasteiger partial charge in [0.2, 0.25) is 0 Å². The maximum absolute atomic E-state index is 10.5. The van der Waals surface area contributed by atoms with Crippen molar-refractivity contribution in [1.29, 1.82) is 0 Å². The first-order valence-corrected chi connectivity index (χ1v) is 4.01. The van der Waals surface area contributed by atoms with E-state index in [1.165, 1.54) is 0 Å². The molecule has 1 aliphatic carbocycles. The van der Waals surface area contributed by atoms with Gasteiger partial charge in [-0.3, -0.25) is 0 Å². The molecule has 64 valence electrons. The zero-order valence-corrected chi connectivity index (χ0v) is 7.33. The summed E-state index contributed by atoms with van der Waals surface area (Å²) >= 11 is 0. The predicted molar refractivity (Wildman–Crippen MR) is 47.5 cm³/mol. The number of allylic oxidation sites excluding steroid dienone is 2. The highest BCUT2D eigenvalue weighted by Gasteiger charge is 2.16. The molecule has 0 aromatic carbocycles. The predicted octanol–water partition coefficient (Wildman–Crippen LogP) is 1.67. The van der Waals surface area contributed by atoms with E-state index in [1.54, 1.807) is 0 Å². The Morgan fingerprint density at radius 2 is 2.42 bits per heavy atom. The van der Waals surface area contributed by atoms with E-state index in [1.807, 2.05) is 38.0 Å². The lowest BCUT2D eigenvalue weighted by Crippen LogP contribution is -2.16. The molecule has 2 nitrogen and oxygen atoms in total. The Bertz CT molecular complexity index is 268. The molecule has 0 aliphatic heterocycles. The van der Waals surface area contributed by atoms with Gasteiger partial charge in [0.25, 0.3) is 0 Å². The molecule has 0 aromatic heterocycles. The summed E-state index contributed by atoms with van der Waals surface area (Å²) in [5.41, 5.74) is 1.55. The Kier molecular flexibility index (Phi) is 3.03. The number of rotatable bonds is 2. The summed E-state index contributed by atoms with van der Waals surface area (Å²) in [6.07, 6.45) is 5.45. The van der Waals surface area contributed by atoms with E-state index >= 15 is 0 Å². The van der Waals surface area contributed by atoms with Crippen molar-refractivity contribution in [3.8, 4) is 0 Å². The third-order valence-electron chi connectivity index (χ3n) is 1.80. The van der Waals surface area contributed by atoms with Crippen molar-refractivity contribution in [3.05, 3.63) is 29.4 Å². The highest BCUT2D eigenvalue weighted by Crippen LogP contribution is 2.19. The summed E-state index contributed by atoms with van der Waals surface area (Å²) < 4.78 is 5.33. The van der Waals surface area contributed by atoms with Crippen molar-refractivity contribution in [2.45, 2.75) is 20.0 Å². The molecule has 1 unspecified atom stereocenters. The number of ether oxygens (including phenoxy) is 1. The minimum atomic E-state index is -0.197. The summed E-state index contributed by atoms with van der Waals surface area (Å²) in [6.45, 7) is 4.40. The van der Waals surface area contributed by atoms with Gasteiger partial charge in [-0.15, -0.1) is 0 Å². The van der Waals surface area contributed by atoms with E-state index in [2.05, 4.69) is 0 Å². The van der Waals surface area contributed by atoms with Gasteiger partial charge in [-0.05, 0) is 19.4 Å². The van der Waals surface area contributed by atoms with Crippen LogP contribution in [0.15, 0.2) is 29.4 Å². The number of carbonyl (C=O) groups excluding carboxylic acids is 1. The second-order valence-corrected chi connectivity index (χ2v) is 2.63. The number of hydrogen-bond donors (Lipinski definition) is 0. The van der Waals surface area contributed by atoms with Gasteiger partial charge in [-0.2, -0.15) is 0 Å². The number of hydrogen-bond acceptors (Lipinski definition) is 2. The van der Waals surface area contributed by atoms with Crippen molar-refractivity contribution < 1.29 is 9.53 Å². The van der Waals surface area contributed by atoms with Crippen LogP contribution in [-0.2, 0) is 9.53 Å². The molecule has 0 N–H and O–H groups in total. The lowest BCUT2D eigenvalue weighted by molar-refractivity contribution is 0.122. The van der Waals surface area contributed by atoms with Crippen molar-refractivity contribution >= 4 is 5.94 Å². The van der Waals surface area contributed by atoms with Crippen LogP contribution in [-0.4, -0.2) is 18.7 Å². The molecule has 0 radical (unpaired) electrons. The fourth-order valence-electron chi connectivity index (χ4n) is 1.17. The Hall–Kier alpha value is -1.11. The fourth-order valence-corrected chi connectivity index (χ4v) is 1.17. The van der Waals surface area contributed by atoms with Gasteiger partial charge >= 0.3 is 0 Å². The van der Waals surface area contributed by atoms with Crippen LogP contribution in [0.25, 0.3) is 0 Å². The highest BCUT2D eigenvalue weighted by atomic mass is 16.5. The maximum Gasteiger partial charge on any atom is 0.131 e. The Morgan fingerprint density at radius 3 is 3.00 bits per heavy atom. The summed E-state index contributed by atoms with van der Waals surface area (Å²) in [6, 6.07) is 0. The van der Waals surface area contributed by atoms with Gasteiger partial charge in [0.1, 0.15) is 12.0 Å². The van der Waals surface area contributed by atoms with Gasteiger partial charge in [0, 0.05) is 6.61 Å². The molecule has 0 aromatic rings. The van der Waals surface area contributed by atoms with Gasteiger partial charge in [-0.1, -0.05) is 18.2 Å². The third kappa shape index (κ3) is 1.73. The monoisotopic (exact) mass is 164 g/mol. The quantitative estimate of drug-likeness (QED) is 0.580. The van der Waals surface area contributed by atoms with Crippen LogP contribution in [0.3, 0.4) is 0 Å². The minimum absolute atomic E-state index is 0.197. The molecular formula is C10H12O2. The first-order chi connectivity index (χ1) is 5.79. The summed E-state index contributed by atoms with van der Waals surface area (Å²) in [7, 11) is 0. The highest BCUT2D eigenvalue weighted by molar-refractivity contribution is 5.64. The molecule has 0 heterocycles. The van der Waals surface area contributed by atoms with Crippen LogP contribution in [0.1, 0.15) is 13.8 Å².